The van der Waals surface area contributed by atoms with Crippen LogP contribution < -0.4 is 0 Å². The van der Waals surface area contributed by atoms with Crippen LogP contribution in [-0.2, 0) is 0 Å². The van der Waals surface area contributed by atoms with E-state index >= 15 is 0 Å². The summed E-state index contributed by atoms with van der Waals surface area (Å²) < 4.78 is 1.88. The van der Waals surface area contributed by atoms with Gasteiger partial charge in [0.1, 0.15) is 5.65 Å². The first-order valence-corrected chi connectivity index (χ1v) is 5.28. The maximum Gasteiger partial charge on any atom is 0.203 e. The number of hydrogen-bond acceptors (Lipinski definition) is 1. The van der Waals surface area contributed by atoms with Gasteiger partial charge >= 0.3 is 0 Å². The van der Waals surface area contributed by atoms with Gasteiger partial charge in [0.05, 0.1) is 12.3 Å². The molecule has 3 aromatic rings. The second-order valence-corrected chi connectivity index (χ2v) is 3.76. The van der Waals surface area contributed by atoms with Gasteiger partial charge in [-0.25, -0.2) is 9.83 Å². The predicted octanol–water partition coefficient (Wildman–Crippen LogP) is 3.55. The molecule has 17 heavy (non-hydrogen) atoms. The highest BCUT2D eigenvalue weighted by Crippen LogP contribution is 2.20. The lowest BCUT2D eigenvalue weighted by Gasteiger charge is -1.92. The van der Waals surface area contributed by atoms with Crippen molar-refractivity contribution in [2.45, 2.75) is 0 Å². The molecule has 0 spiro atoms. The van der Waals surface area contributed by atoms with Gasteiger partial charge in [-0.2, -0.15) is 0 Å². The maximum absolute atomic E-state index is 6.98. The normalized spacial score (nSPS) is 10.3. The Hall–Kier alpha value is -2.60. The van der Waals surface area contributed by atoms with E-state index in [1.807, 2.05) is 47.0 Å². The first kappa shape index (κ1) is 9.61. The summed E-state index contributed by atoms with van der Waals surface area (Å²) in [5.74, 6) is 0. The van der Waals surface area contributed by atoms with E-state index in [0.29, 0.717) is 5.69 Å². The molecule has 0 saturated heterocycles. The number of benzene rings is 1. The van der Waals surface area contributed by atoms with Gasteiger partial charge in [-0.1, -0.05) is 36.4 Å². The minimum absolute atomic E-state index is 0.620. The minimum atomic E-state index is 0.620. The fourth-order valence-electron chi connectivity index (χ4n) is 1.79. The Morgan fingerprint density at radius 3 is 2.59 bits per heavy atom. The second kappa shape index (κ2) is 3.76. The molecule has 1 aromatic carbocycles. The molecule has 0 atom stereocenters. The molecule has 0 bridgehead atoms. The monoisotopic (exact) mass is 219 g/mol. The molecule has 0 radical (unpaired) electrons. The number of imidazole rings is 1. The maximum atomic E-state index is 6.98. The smallest absolute Gasteiger partial charge is 0.203 e. The fraction of sp³-hybridized carbons (Fsp3) is 0. The van der Waals surface area contributed by atoms with Gasteiger partial charge in [0.25, 0.3) is 0 Å². The SMILES string of the molecule is [C-]#[N+]c1ccc2nc(-c3ccccc3)cn2c1. The van der Waals surface area contributed by atoms with Gasteiger partial charge in [-0.3, -0.25) is 0 Å². The van der Waals surface area contributed by atoms with Crippen molar-refractivity contribution in [1.82, 2.24) is 9.38 Å². The van der Waals surface area contributed by atoms with Gasteiger partial charge in [-0.15, -0.1) is 0 Å². The van der Waals surface area contributed by atoms with Crippen LogP contribution in [0.5, 0.6) is 0 Å². The molecule has 0 N–H and O–H groups in total. The van der Waals surface area contributed by atoms with E-state index in [1.54, 1.807) is 12.3 Å². The summed E-state index contributed by atoms with van der Waals surface area (Å²) in [6.45, 7) is 6.98. The third-order valence-corrected chi connectivity index (χ3v) is 2.63. The first-order chi connectivity index (χ1) is 8.36. The van der Waals surface area contributed by atoms with Gasteiger partial charge in [0, 0.05) is 18.0 Å². The van der Waals surface area contributed by atoms with Crippen molar-refractivity contribution in [3.63, 3.8) is 0 Å². The van der Waals surface area contributed by atoms with Gasteiger partial charge in [0.15, 0.2) is 0 Å². The molecule has 0 aliphatic heterocycles. The Labute approximate surface area is 98.8 Å². The topological polar surface area (TPSA) is 21.7 Å². The van der Waals surface area contributed by atoms with Crippen molar-refractivity contribution in [2.75, 3.05) is 0 Å². The van der Waals surface area contributed by atoms with Crippen LogP contribution in [0.2, 0.25) is 0 Å². The largest absolute Gasteiger partial charge is 0.317 e. The molecule has 3 nitrogen and oxygen atoms in total. The highest BCUT2D eigenvalue weighted by molar-refractivity contribution is 5.63. The number of aromatic nitrogens is 2. The molecule has 0 aliphatic carbocycles. The van der Waals surface area contributed by atoms with Gasteiger partial charge in [-0.05, 0) is 6.07 Å². The van der Waals surface area contributed by atoms with Crippen LogP contribution in [-0.4, -0.2) is 9.38 Å². The Morgan fingerprint density at radius 1 is 1.00 bits per heavy atom. The van der Waals surface area contributed by atoms with E-state index in [1.165, 1.54) is 0 Å². The number of hydrogen-bond donors (Lipinski definition) is 0. The summed E-state index contributed by atoms with van der Waals surface area (Å²) in [6, 6.07) is 13.7. The lowest BCUT2D eigenvalue weighted by atomic mass is 10.2. The van der Waals surface area contributed by atoms with Crippen LogP contribution in [0.3, 0.4) is 0 Å². The summed E-state index contributed by atoms with van der Waals surface area (Å²) in [6.07, 6.45) is 3.74. The standard InChI is InChI=1S/C14H9N3/c1-15-12-7-8-14-16-13(10-17(14)9-12)11-5-3-2-4-6-11/h2-10H. The van der Waals surface area contributed by atoms with E-state index < -0.39 is 0 Å². The zero-order chi connectivity index (χ0) is 11.7. The highest BCUT2D eigenvalue weighted by atomic mass is 15.0. The van der Waals surface area contributed by atoms with Crippen molar-refractivity contribution in [2.24, 2.45) is 0 Å². The summed E-state index contributed by atoms with van der Waals surface area (Å²) in [4.78, 5) is 7.92. The van der Waals surface area contributed by atoms with Crippen LogP contribution >= 0.6 is 0 Å². The molecule has 0 aliphatic rings. The van der Waals surface area contributed by atoms with Crippen molar-refractivity contribution in [3.05, 3.63) is 66.3 Å². The quantitative estimate of drug-likeness (QED) is 0.573. The number of fused-ring (bicyclic) bond motifs is 1. The Kier molecular flexibility index (Phi) is 2.13. The number of pyridine rings is 1. The Morgan fingerprint density at radius 2 is 1.82 bits per heavy atom. The summed E-state index contributed by atoms with van der Waals surface area (Å²) >= 11 is 0. The molecule has 0 amide bonds. The Balaban J connectivity index is 2.18. The van der Waals surface area contributed by atoms with E-state index in [2.05, 4.69) is 9.83 Å². The van der Waals surface area contributed by atoms with Crippen LogP contribution in [0.25, 0.3) is 21.7 Å². The molecular formula is C14H9N3. The number of rotatable bonds is 1. The summed E-state index contributed by atoms with van der Waals surface area (Å²) in [5.41, 5.74) is 3.49. The molecule has 3 rings (SSSR count). The van der Waals surface area contributed by atoms with Crippen molar-refractivity contribution >= 4 is 11.3 Å². The number of nitrogens with zero attached hydrogens (tertiary/aromatic N) is 3. The molecular weight excluding hydrogens is 210 g/mol. The second-order valence-electron chi connectivity index (χ2n) is 3.76. The lowest BCUT2D eigenvalue weighted by molar-refractivity contribution is 1.19. The fourth-order valence-corrected chi connectivity index (χ4v) is 1.79. The predicted molar refractivity (Wildman–Crippen MR) is 66.9 cm³/mol. The van der Waals surface area contributed by atoms with Crippen LogP contribution in [0, 0.1) is 6.57 Å². The minimum Gasteiger partial charge on any atom is -0.317 e. The Bertz CT molecular complexity index is 705. The third kappa shape index (κ3) is 1.66. The lowest BCUT2D eigenvalue weighted by Crippen LogP contribution is -1.79. The molecule has 3 heteroatoms. The zero-order valence-corrected chi connectivity index (χ0v) is 9.04. The van der Waals surface area contributed by atoms with Crippen molar-refractivity contribution in [1.29, 1.82) is 0 Å². The van der Waals surface area contributed by atoms with Crippen molar-refractivity contribution < 1.29 is 0 Å². The third-order valence-electron chi connectivity index (χ3n) is 2.63. The van der Waals surface area contributed by atoms with E-state index in [4.69, 9.17) is 6.57 Å². The molecule has 0 unspecified atom stereocenters. The van der Waals surface area contributed by atoms with E-state index in [0.717, 1.165) is 16.9 Å². The van der Waals surface area contributed by atoms with Crippen molar-refractivity contribution in [3.8, 4) is 11.3 Å². The van der Waals surface area contributed by atoms with E-state index in [9.17, 15) is 0 Å². The molecule has 0 fully saturated rings. The average Bonchev–Trinajstić information content (AvgIpc) is 2.82. The first-order valence-electron chi connectivity index (χ1n) is 5.28. The molecule has 2 aromatic heterocycles. The van der Waals surface area contributed by atoms with Gasteiger partial charge in [0.2, 0.25) is 5.69 Å². The molecule has 80 valence electrons. The van der Waals surface area contributed by atoms with E-state index in [-0.39, 0.29) is 0 Å². The van der Waals surface area contributed by atoms with Crippen LogP contribution in [0.4, 0.5) is 5.69 Å². The highest BCUT2D eigenvalue weighted by Gasteiger charge is 2.03. The molecule has 0 saturated carbocycles. The average molecular weight is 219 g/mol. The summed E-state index contributed by atoms with van der Waals surface area (Å²) in [7, 11) is 0. The summed E-state index contributed by atoms with van der Waals surface area (Å²) in [5, 5.41) is 0. The van der Waals surface area contributed by atoms with Crippen LogP contribution in [0.15, 0.2) is 54.9 Å². The zero-order valence-electron chi connectivity index (χ0n) is 9.04. The van der Waals surface area contributed by atoms with Crippen LogP contribution in [0.1, 0.15) is 0 Å². The van der Waals surface area contributed by atoms with Gasteiger partial charge < -0.3 is 4.40 Å². The molecule has 2 heterocycles.